The van der Waals surface area contributed by atoms with E-state index in [1.54, 1.807) is 39.4 Å². The van der Waals surface area contributed by atoms with E-state index in [4.69, 9.17) is 18.9 Å². The molecule has 1 N–H and O–H groups in total. The zero-order valence-electron chi connectivity index (χ0n) is 21.5. The Morgan fingerprint density at radius 1 is 1.11 bits per heavy atom. The summed E-state index contributed by atoms with van der Waals surface area (Å²) in [5, 5.41) is 10.5. The van der Waals surface area contributed by atoms with Gasteiger partial charge >= 0.3 is 5.97 Å². The normalized spacial score (nSPS) is 12.1. The number of aliphatic hydroxyl groups excluding tert-OH is 1. The lowest BCUT2D eigenvalue weighted by atomic mass is 9.88. The van der Waals surface area contributed by atoms with Gasteiger partial charge in [-0.15, -0.1) is 0 Å². The molecular weight excluding hydrogens is 467 g/mol. The van der Waals surface area contributed by atoms with Crippen LogP contribution in [0.15, 0.2) is 36.4 Å². The van der Waals surface area contributed by atoms with Crippen LogP contribution in [0.25, 0.3) is 17.2 Å². The van der Waals surface area contributed by atoms with E-state index < -0.39 is 24.3 Å². The number of esters is 1. The number of ketones is 1. The highest BCUT2D eigenvalue weighted by Crippen LogP contribution is 2.45. The van der Waals surface area contributed by atoms with Gasteiger partial charge in [0.05, 0.1) is 26.4 Å². The Hall–Kier alpha value is -3.23. The van der Waals surface area contributed by atoms with E-state index in [0.29, 0.717) is 29.2 Å². The van der Waals surface area contributed by atoms with Crippen LogP contribution in [0.1, 0.15) is 50.7 Å². The average Bonchev–Trinajstić information content (AvgIpc) is 2.83. The maximum atomic E-state index is 13.7. The summed E-state index contributed by atoms with van der Waals surface area (Å²) < 4.78 is 35.3. The minimum Gasteiger partial charge on any atom is -0.493 e. The van der Waals surface area contributed by atoms with Crippen LogP contribution in [0.4, 0.5) is 4.39 Å². The van der Waals surface area contributed by atoms with E-state index in [1.807, 2.05) is 19.9 Å². The number of methoxy groups -OCH3 is 2. The fraction of sp³-hybridized carbons (Fsp3) is 0.429. The number of ether oxygens (including phenoxy) is 4. The quantitative estimate of drug-likeness (QED) is 0.222. The number of halogens is 1. The Balaban J connectivity index is 2.56. The fourth-order valence-corrected chi connectivity index (χ4v) is 3.71. The summed E-state index contributed by atoms with van der Waals surface area (Å²) in [5.74, 6) is -0.387. The van der Waals surface area contributed by atoms with Crippen LogP contribution in [0, 0.1) is 5.82 Å². The van der Waals surface area contributed by atoms with E-state index in [9.17, 15) is 19.1 Å². The highest BCUT2D eigenvalue weighted by molar-refractivity contribution is 5.96. The van der Waals surface area contributed by atoms with E-state index in [-0.39, 0.29) is 31.4 Å². The molecule has 2 rings (SSSR count). The second-order valence-electron chi connectivity index (χ2n) is 8.44. The summed E-state index contributed by atoms with van der Waals surface area (Å²) in [6.07, 6.45) is 1.48. The smallest absolute Gasteiger partial charge is 0.313 e. The van der Waals surface area contributed by atoms with Gasteiger partial charge in [-0.2, -0.15) is 0 Å². The van der Waals surface area contributed by atoms with Crippen LogP contribution in [-0.4, -0.2) is 57.0 Å². The zero-order chi connectivity index (χ0) is 26.7. The number of benzene rings is 2. The SMILES string of the molecule is CCOC(=O)CC(=O)CC(O)/C=C/c1c(C(C)C)cc(OC)c(OCCOC)c1-c1ccc(F)cc1. The summed E-state index contributed by atoms with van der Waals surface area (Å²) in [7, 11) is 3.12. The van der Waals surface area contributed by atoms with E-state index in [2.05, 4.69) is 0 Å². The van der Waals surface area contributed by atoms with Gasteiger partial charge in [0.1, 0.15) is 24.6 Å². The molecule has 0 bridgehead atoms. The summed E-state index contributed by atoms with van der Waals surface area (Å²) in [4.78, 5) is 23.7. The number of carbonyl (C=O) groups excluding carboxylic acids is 2. The lowest BCUT2D eigenvalue weighted by Gasteiger charge is -2.22. The van der Waals surface area contributed by atoms with Crippen molar-refractivity contribution in [3.05, 3.63) is 53.4 Å². The third-order valence-corrected chi connectivity index (χ3v) is 5.40. The molecule has 0 aliphatic rings. The molecular formula is C28H35FO7. The maximum absolute atomic E-state index is 13.7. The highest BCUT2D eigenvalue weighted by Gasteiger charge is 2.22. The van der Waals surface area contributed by atoms with Crippen LogP contribution in [-0.2, 0) is 19.1 Å². The summed E-state index contributed by atoms with van der Waals surface area (Å²) in [6, 6.07) is 7.89. The third kappa shape index (κ3) is 8.17. The molecule has 0 aliphatic carbocycles. The largest absolute Gasteiger partial charge is 0.493 e. The first kappa shape index (κ1) is 29.0. The zero-order valence-corrected chi connectivity index (χ0v) is 21.5. The van der Waals surface area contributed by atoms with Crippen LogP contribution in [0.5, 0.6) is 11.5 Å². The molecule has 0 saturated carbocycles. The van der Waals surface area contributed by atoms with E-state index in [0.717, 1.165) is 11.1 Å². The lowest BCUT2D eigenvalue weighted by Crippen LogP contribution is -2.16. The molecule has 1 unspecified atom stereocenters. The first-order valence-electron chi connectivity index (χ1n) is 11.9. The van der Waals surface area contributed by atoms with Gasteiger partial charge in [0.25, 0.3) is 0 Å². The van der Waals surface area contributed by atoms with Gasteiger partial charge in [0.2, 0.25) is 0 Å². The number of carbonyl (C=O) groups is 2. The molecule has 0 saturated heterocycles. The Labute approximate surface area is 211 Å². The van der Waals surface area contributed by atoms with Gasteiger partial charge in [0, 0.05) is 19.1 Å². The lowest BCUT2D eigenvalue weighted by molar-refractivity contribution is -0.145. The van der Waals surface area contributed by atoms with Crippen molar-refractivity contribution in [1.29, 1.82) is 0 Å². The minimum absolute atomic E-state index is 0.0633. The molecule has 0 amide bonds. The van der Waals surface area contributed by atoms with Crippen molar-refractivity contribution in [3.8, 4) is 22.6 Å². The fourth-order valence-electron chi connectivity index (χ4n) is 3.71. The molecule has 2 aromatic rings. The summed E-state index contributed by atoms with van der Waals surface area (Å²) >= 11 is 0. The van der Waals surface area contributed by atoms with Gasteiger partial charge in [-0.1, -0.05) is 38.1 Å². The first-order chi connectivity index (χ1) is 17.2. The molecule has 0 aliphatic heterocycles. The Morgan fingerprint density at radius 2 is 1.81 bits per heavy atom. The number of hydrogen-bond donors (Lipinski definition) is 1. The van der Waals surface area contributed by atoms with Crippen molar-refractivity contribution in [2.75, 3.05) is 34.0 Å². The van der Waals surface area contributed by atoms with Crippen molar-refractivity contribution in [1.82, 2.24) is 0 Å². The summed E-state index contributed by atoms with van der Waals surface area (Å²) in [6.45, 7) is 6.50. The molecule has 0 spiro atoms. The van der Waals surface area contributed by atoms with Gasteiger partial charge in [-0.05, 0) is 47.7 Å². The van der Waals surface area contributed by atoms with E-state index in [1.165, 1.54) is 18.2 Å². The molecule has 7 nitrogen and oxygen atoms in total. The Kier molecular flexibility index (Phi) is 11.6. The summed E-state index contributed by atoms with van der Waals surface area (Å²) in [5.41, 5.74) is 3.00. The van der Waals surface area contributed by atoms with Gasteiger partial charge in [-0.25, -0.2) is 4.39 Å². The van der Waals surface area contributed by atoms with Crippen molar-refractivity contribution in [2.45, 2.75) is 45.6 Å². The topological polar surface area (TPSA) is 91.3 Å². The molecule has 36 heavy (non-hydrogen) atoms. The molecule has 8 heteroatoms. The first-order valence-corrected chi connectivity index (χ1v) is 11.9. The number of rotatable bonds is 14. The number of aliphatic hydroxyl groups is 1. The molecule has 0 fully saturated rings. The number of Topliss-reactive ketones (excluding diaryl/α,β-unsaturated/α-hetero) is 1. The Morgan fingerprint density at radius 3 is 2.39 bits per heavy atom. The van der Waals surface area contributed by atoms with Crippen molar-refractivity contribution >= 4 is 17.8 Å². The van der Waals surface area contributed by atoms with Gasteiger partial charge in [-0.3, -0.25) is 9.59 Å². The molecule has 0 heterocycles. The Bertz CT molecular complexity index is 1040. The molecule has 1 atom stereocenters. The van der Waals surface area contributed by atoms with Crippen molar-refractivity contribution in [2.24, 2.45) is 0 Å². The monoisotopic (exact) mass is 502 g/mol. The van der Waals surface area contributed by atoms with Crippen LogP contribution in [0.3, 0.4) is 0 Å². The second kappa shape index (κ2) is 14.4. The predicted molar refractivity (Wildman–Crippen MR) is 136 cm³/mol. The molecule has 2 aromatic carbocycles. The molecule has 196 valence electrons. The highest BCUT2D eigenvalue weighted by atomic mass is 19.1. The third-order valence-electron chi connectivity index (χ3n) is 5.40. The van der Waals surface area contributed by atoms with Crippen LogP contribution in [0.2, 0.25) is 0 Å². The molecule has 0 radical (unpaired) electrons. The van der Waals surface area contributed by atoms with Crippen molar-refractivity contribution < 1.29 is 38.0 Å². The maximum Gasteiger partial charge on any atom is 0.313 e. The second-order valence-corrected chi connectivity index (χ2v) is 8.44. The number of hydrogen-bond acceptors (Lipinski definition) is 7. The average molecular weight is 503 g/mol. The van der Waals surface area contributed by atoms with Crippen LogP contribution >= 0.6 is 0 Å². The van der Waals surface area contributed by atoms with Gasteiger partial charge in [0.15, 0.2) is 11.5 Å². The minimum atomic E-state index is -1.12. The van der Waals surface area contributed by atoms with Gasteiger partial charge < -0.3 is 24.1 Å². The van der Waals surface area contributed by atoms with Crippen LogP contribution < -0.4 is 9.47 Å². The predicted octanol–water partition coefficient (Wildman–Crippen LogP) is 4.94. The standard InChI is InChI=1S/C28H35FO7/c1-6-35-26(32)16-22(31)15-21(30)11-12-23-24(18(2)3)17-25(34-5)28(36-14-13-33-4)27(23)19-7-9-20(29)10-8-19/h7-12,17-18,21,30H,6,13-16H2,1-5H3/b12-11+. The van der Waals surface area contributed by atoms with E-state index >= 15 is 0 Å². The molecule has 0 aromatic heterocycles. The van der Waals surface area contributed by atoms with Crippen molar-refractivity contribution in [3.63, 3.8) is 0 Å².